The Morgan fingerprint density at radius 2 is 1.83 bits per heavy atom. The van der Waals surface area contributed by atoms with Crippen LogP contribution in [-0.4, -0.2) is 25.1 Å². The van der Waals surface area contributed by atoms with E-state index in [0.29, 0.717) is 6.29 Å². The van der Waals surface area contributed by atoms with Crippen molar-refractivity contribution in [2.75, 3.05) is 13.7 Å². The fourth-order valence-corrected chi connectivity index (χ4v) is 2.36. The molecule has 24 heavy (non-hydrogen) atoms. The molecule has 0 aliphatic heterocycles. The van der Waals surface area contributed by atoms with Crippen molar-refractivity contribution in [1.29, 1.82) is 0 Å². The van der Waals surface area contributed by atoms with Crippen molar-refractivity contribution in [3.8, 4) is 17.2 Å². The Kier molecular flexibility index (Phi) is 4.85. The lowest BCUT2D eigenvalue weighted by Gasteiger charge is -2.07. The summed E-state index contributed by atoms with van der Waals surface area (Å²) in [6.07, 6.45) is 6.97. The van der Waals surface area contributed by atoms with Gasteiger partial charge in [-0.1, -0.05) is 24.3 Å². The first-order valence-electron chi connectivity index (χ1n) is 7.96. The number of aldehydes is 1. The van der Waals surface area contributed by atoms with Crippen LogP contribution in [0.25, 0.3) is 12.2 Å². The number of hydrogen-bond acceptors (Lipinski definition) is 4. The number of aromatic hydroxyl groups is 1. The van der Waals surface area contributed by atoms with Crippen LogP contribution in [0.1, 0.15) is 34.3 Å². The average molecular weight is 324 g/mol. The van der Waals surface area contributed by atoms with Crippen molar-refractivity contribution in [1.82, 2.24) is 0 Å². The van der Waals surface area contributed by atoms with E-state index in [1.807, 2.05) is 36.4 Å². The molecule has 124 valence electrons. The van der Waals surface area contributed by atoms with Gasteiger partial charge in [0, 0.05) is 0 Å². The van der Waals surface area contributed by atoms with E-state index in [4.69, 9.17) is 9.47 Å². The highest BCUT2D eigenvalue weighted by Gasteiger charge is 2.21. The third-order valence-corrected chi connectivity index (χ3v) is 4.00. The second-order valence-corrected chi connectivity index (χ2v) is 5.94. The van der Waals surface area contributed by atoms with Crippen LogP contribution in [0, 0.1) is 5.92 Å². The van der Waals surface area contributed by atoms with Gasteiger partial charge in [-0.25, -0.2) is 0 Å². The summed E-state index contributed by atoms with van der Waals surface area (Å²) in [7, 11) is 1.46. The number of rotatable bonds is 7. The van der Waals surface area contributed by atoms with Crippen molar-refractivity contribution in [3.05, 3.63) is 53.1 Å². The number of carbonyl (C=O) groups excluding carboxylic acids is 1. The summed E-state index contributed by atoms with van der Waals surface area (Å²) in [6, 6.07) is 11.2. The molecule has 1 aliphatic rings. The van der Waals surface area contributed by atoms with Crippen LogP contribution in [-0.2, 0) is 0 Å². The third-order valence-electron chi connectivity index (χ3n) is 4.00. The molecule has 3 rings (SSSR count). The van der Waals surface area contributed by atoms with E-state index in [-0.39, 0.29) is 17.1 Å². The van der Waals surface area contributed by atoms with E-state index in [1.165, 1.54) is 20.0 Å². The van der Waals surface area contributed by atoms with Gasteiger partial charge in [0.25, 0.3) is 0 Å². The SMILES string of the molecule is COc1cc(/C=C/c2ccc(OCC3CC3)cc2)cc(C=O)c1O. The average Bonchev–Trinajstić information content (AvgIpc) is 3.44. The standard InChI is InChI=1S/C20H20O4/c1-23-19-11-16(10-17(12-21)20(19)22)5-2-14-6-8-18(9-7-14)24-13-15-3-4-15/h2,5-12,15,22H,3-4,13H2,1H3/b5-2+. The van der Waals surface area contributed by atoms with Crippen LogP contribution in [0.4, 0.5) is 0 Å². The van der Waals surface area contributed by atoms with E-state index < -0.39 is 0 Å². The van der Waals surface area contributed by atoms with Crippen LogP contribution in [0.5, 0.6) is 17.2 Å². The maximum absolute atomic E-state index is 11.0. The lowest BCUT2D eigenvalue weighted by molar-refractivity contribution is 0.112. The fourth-order valence-electron chi connectivity index (χ4n) is 2.36. The van der Waals surface area contributed by atoms with Crippen molar-refractivity contribution in [2.24, 2.45) is 5.92 Å². The maximum atomic E-state index is 11.0. The first kappa shape index (κ1) is 16.1. The van der Waals surface area contributed by atoms with E-state index in [0.717, 1.165) is 29.4 Å². The molecule has 1 N–H and O–H groups in total. The smallest absolute Gasteiger partial charge is 0.168 e. The van der Waals surface area contributed by atoms with E-state index in [1.54, 1.807) is 12.1 Å². The molecular formula is C20H20O4. The molecule has 0 saturated heterocycles. The number of methoxy groups -OCH3 is 1. The summed E-state index contributed by atoms with van der Waals surface area (Å²) in [5.41, 5.74) is 2.01. The highest BCUT2D eigenvalue weighted by molar-refractivity contribution is 5.84. The number of hydrogen-bond donors (Lipinski definition) is 1. The molecule has 0 atom stereocenters. The van der Waals surface area contributed by atoms with E-state index >= 15 is 0 Å². The topological polar surface area (TPSA) is 55.8 Å². The first-order valence-corrected chi connectivity index (χ1v) is 7.96. The second-order valence-electron chi connectivity index (χ2n) is 5.94. The summed E-state index contributed by atoms with van der Waals surface area (Å²) in [4.78, 5) is 11.0. The minimum Gasteiger partial charge on any atom is -0.504 e. The van der Waals surface area contributed by atoms with Crippen molar-refractivity contribution in [2.45, 2.75) is 12.8 Å². The Hall–Kier alpha value is -2.75. The Labute approximate surface area is 141 Å². The Bertz CT molecular complexity index is 743. The van der Waals surface area contributed by atoms with Crippen LogP contribution in [0.3, 0.4) is 0 Å². The molecule has 1 aliphatic carbocycles. The molecule has 0 spiro atoms. The van der Waals surface area contributed by atoms with Crippen LogP contribution >= 0.6 is 0 Å². The van der Waals surface area contributed by atoms with Crippen LogP contribution in [0.2, 0.25) is 0 Å². The van der Waals surface area contributed by atoms with Crippen molar-refractivity contribution >= 4 is 18.4 Å². The number of ether oxygens (including phenoxy) is 2. The zero-order chi connectivity index (χ0) is 16.9. The van der Waals surface area contributed by atoms with Gasteiger partial charge < -0.3 is 14.6 Å². The normalized spacial score (nSPS) is 13.9. The fraction of sp³-hybridized carbons (Fsp3) is 0.250. The van der Waals surface area contributed by atoms with Crippen molar-refractivity contribution in [3.63, 3.8) is 0 Å². The first-order chi connectivity index (χ1) is 11.7. The predicted octanol–water partition coefficient (Wildman–Crippen LogP) is 4.17. The highest BCUT2D eigenvalue weighted by Crippen LogP contribution is 2.31. The molecule has 1 saturated carbocycles. The summed E-state index contributed by atoms with van der Waals surface area (Å²) in [5, 5.41) is 9.83. The largest absolute Gasteiger partial charge is 0.504 e. The van der Waals surface area contributed by atoms with Gasteiger partial charge in [-0.2, -0.15) is 0 Å². The summed E-state index contributed by atoms with van der Waals surface area (Å²) < 4.78 is 10.8. The molecule has 2 aromatic carbocycles. The molecule has 4 nitrogen and oxygen atoms in total. The number of phenols is 1. The minimum atomic E-state index is -0.137. The summed E-state index contributed by atoms with van der Waals surface area (Å²) in [6.45, 7) is 0.803. The van der Waals surface area contributed by atoms with Gasteiger partial charge in [0.2, 0.25) is 0 Å². The van der Waals surface area contributed by atoms with E-state index in [9.17, 15) is 9.90 Å². The Balaban J connectivity index is 1.71. The molecule has 0 bridgehead atoms. The molecular weight excluding hydrogens is 304 g/mol. The zero-order valence-corrected chi connectivity index (χ0v) is 13.6. The second kappa shape index (κ2) is 7.21. The quantitative estimate of drug-likeness (QED) is 0.613. The van der Waals surface area contributed by atoms with Crippen molar-refractivity contribution < 1.29 is 19.4 Å². The number of benzene rings is 2. The monoisotopic (exact) mass is 324 g/mol. The van der Waals surface area contributed by atoms with Gasteiger partial charge in [-0.15, -0.1) is 0 Å². The van der Waals surface area contributed by atoms with E-state index in [2.05, 4.69) is 0 Å². The van der Waals surface area contributed by atoms with Gasteiger partial charge in [0.05, 0.1) is 19.3 Å². The Morgan fingerprint density at radius 1 is 1.12 bits per heavy atom. The van der Waals surface area contributed by atoms with Gasteiger partial charge in [0.1, 0.15) is 5.75 Å². The molecule has 2 aromatic rings. The van der Waals surface area contributed by atoms with Crippen LogP contribution in [0.15, 0.2) is 36.4 Å². The van der Waals surface area contributed by atoms with Gasteiger partial charge in [0.15, 0.2) is 17.8 Å². The zero-order valence-electron chi connectivity index (χ0n) is 13.6. The number of phenolic OH excluding ortho intramolecular Hbond substituents is 1. The lowest BCUT2D eigenvalue weighted by Crippen LogP contribution is -1.98. The maximum Gasteiger partial charge on any atom is 0.168 e. The highest BCUT2D eigenvalue weighted by atomic mass is 16.5. The minimum absolute atomic E-state index is 0.137. The molecule has 0 aromatic heterocycles. The summed E-state index contributed by atoms with van der Waals surface area (Å²) in [5.74, 6) is 1.76. The third kappa shape index (κ3) is 3.96. The van der Waals surface area contributed by atoms with Gasteiger partial charge in [-0.05, 0) is 54.2 Å². The van der Waals surface area contributed by atoms with Gasteiger partial charge in [-0.3, -0.25) is 4.79 Å². The summed E-state index contributed by atoms with van der Waals surface area (Å²) >= 11 is 0. The molecule has 1 fully saturated rings. The molecule has 0 unspecified atom stereocenters. The number of carbonyl (C=O) groups is 1. The molecule has 0 radical (unpaired) electrons. The van der Waals surface area contributed by atoms with Crippen LogP contribution < -0.4 is 9.47 Å². The Morgan fingerprint density at radius 3 is 2.46 bits per heavy atom. The predicted molar refractivity (Wildman–Crippen MR) is 93.6 cm³/mol. The molecule has 4 heteroatoms. The lowest BCUT2D eigenvalue weighted by atomic mass is 10.1. The molecule has 0 amide bonds. The van der Waals surface area contributed by atoms with Gasteiger partial charge >= 0.3 is 0 Å². The molecule has 0 heterocycles.